The first-order valence-electron chi connectivity index (χ1n) is 10.6. The number of nitrogens with two attached hydrogens (primary N) is 1. The van der Waals surface area contributed by atoms with Crippen LogP contribution in [-0.4, -0.2) is 29.2 Å². The highest BCUT2D eigenvalue weighted by Crippen LogP contribution is 2.36. The average Bonchev–Trinajstić information content (AvgIpc) is 2.85. The van der Waals surface area contributed by atoms with Crippen LogP contribution in [0.3, 0.4) is 0 Å². The summed E-state index contributed by atoms with van der Waals surface area (Å²) in [7, 11) is 0. The molecule has 1 heterocycles. The number of benzene rings is 3. The second-order valence-corrected chi connectivity index (χ2v) is 7.92. The number of anilines is 2. The smallest absolute Gasteiger partial charge is 0.417 e. The van der Waals surface area contributed by atoms with Gasteiger partial charge in [-0.1, -0.05) is 11.6 Å². The van der Waals surface area contributed by atoms with Crippen LogP contribution in [0.25, 0.3) is 11.0 Å². The molecule has 0 aliphatic carbocycles. The average molecular weight is 536 g/mol. The van der Waals surface area contributed by atoms with Gasteiger partial charge in [0.15, 0.2) is 11.6 Å². The van der Waals surface area contributed by atoms with E-state index in [2.05, 4.69) is 20.6 Å². The van der Waals surface area contributed by atoms with Crippen LogP contribution in [0.1, 0.15) is 5.56 Å². The van der Waals surface area contributed by atoms with Gasteiger partial charge in [0, 0.05) is 30.1 Å². The zero-order valence-corrected chi connectivity index (χ0v) is 19.5. The first-order valence-corrected chi connectivity index (χ1v) is 11.0. The van der Waals surface area contributed by atoms with Gasteiger partial charge in [0.2, 0.25) is 5.88 Å². The molecule has 2 amide bonds. The Kier molecular flexibility index (Phi) is 7.60. The van der Waals surface area contributed by atoms with E-state index < -0.39 is 28.6 Å². The van der Waals surface area contributed by atoms with Gasteiger partial charge in [0.05, 0.1) is 27.8 Å². The minimum Gasteiger partial charge on any atom is -0.475 e. The molecule has 0 radical (unpaired) electrons. The van der Waals surface area contributed by atoms with Crippen molar-refractivity contribution >= 4 is 40.0 Å². The quantitative estimate of drug-likeness (QED) is 0.242. The third-order valence-electron chi connectivity index (χ3n) is 4.81. The Morgan fingerprint density at radius 1 is 1.00 bits per heavy atom. The molecule has 192 valence electrons. The van der Waals surface area contributed by atoms with Crippen molar-refractivity contribution in [3.63, 3.8) is 0 Å². The molecule has 8 nitrogen and oxygen atoms in total. The van der Waals surface area contributed by atoms with E-state index in [0.29, 0.717) is 23.6 Å². The van der Waals surface area contributed by atoms with E-state index in [0.717, 1.165) is 12.1 Å². The number of rotatable bonds is 7. The fourth-order valence-electron chi connectivity index (χ4n) is 3.17. The number of nitrogens with one attached hydrogen (secondary N) is 2. The molecular formula is C24H18ClF4N5O3. The van der Waals surface area contributed by atoms with Gasteiger partial charge < -0.3 is 25.8 Å². The van der Waals surface area contributed by atoms with Crippen molar-refractivity contribution in [2.45, 2.75) is 6.18 Å². The van der Waals surface area contributed by atoms with Crippen molar-refractivity contribution in [1.29, 1.82) is 0 Å². The molecule has 0 fully saturated rings. The first-order chi connectivity index (χ1) is 17.6. The molecule has 3 aromatic carbocycles. The molecule has 0 aliphatic rings. The molecule has 0 bridgehead atoms. The standard InChI is InChI=1S/C24H18ClF4N5O3/c25-17-4-1-13(9-16(17)24(27,28)29)32-23(35)33-14-2-5-18(26)21(10-14)37-15-3-6-19-20(11-15)34-22(12-31-19)36-8-7-30/h1-6,9-12H,7-8,30H2,(H2,32,33,35). The summed E-state index contributed by atoms with van der Waals surface area (Å²) >= 11 is 5.59. The van der Waals surface area contributed by atoms with E-state index in [1.165, 1.54) is 30.5 Å². The van der Waals surface area contributed by atoms with Gasteiger partial charge in [-0.25, -0.2) is 19.2 Å². The van der Waals surface area contributed by atoms with E-state index >= 15 is 0 Å². The van der Waals surface area contributed by atoms with Crippen LogP contribution >= 0.6 is 11.6 Å². The van der Waals surface area contributed by atoms with E-state index in [9.17, 15) is 22.4 Å². The lowest BCUT2D eigenvalue weighted by Crippen LogP contribution is -2.20. The Morgan fingerprint density at radius 2 is 1.73 bits per heavy atom. The van der Waals surface area contributed by atoms with E-state index in [-0.39, 0.29) is 35.4 Å². The largest absolute Gasteiger partial charge is 0.475 e. The molecule has 13 heteroatoms. The Bertz CT molecular complexity index is 1450. The van der Waals surface area contributed by atoms with Crippen LogP contribution in [-0.2, 0) is 6.18 Å². The van der Waals surface area contributed by atoms with Crippen molar-refractivity contribution < 1.29 is 31.8 Å². The van der Waals surface area contributed by atoms with Gasteiger partial charge in [-0.3, -0.25) is 0 Å². The fraction of sp³-hybridized carbons (Fsp3) is 0.125. The van der Waals surface area contributed by atoms with E-state index in [1.807, 2.05) is 0 Å². The van der Waals surface area contributed by atoms with E-state index in [1.54, 1.807) is 12.1 Å². The van der Waals surface area contributed by atoms with Crippen LogP contribution in [0.15, 0.2) is 60.8 Å². The highest BCUT2D eigenvalue weighted by atomic mass is 35.5. The Morgan fingerprint density at radius 3 is 2.46 bits per heavy atom. The molecule has 37 heavy (non-hydrogen) atoms. The van der Waals surface area contributed by atoms with Gasteiger partial charge in [-0.05, 0) is 42.5 Å². The third kappa shape index (κ3) is 6.54. The van der Waals surface area contributed by atoms with E-state index in [4.69, 9.17) is 26.8 Å². The maximum Gasteiger partial charge on any atom is 0.417 e. The number of carbonyl (C=O) groups is 1. The summed E-state index contributed by atoms with van der Waals surface area (Å²) in [6.45, 7) is 0.565. The zero-order valence-electron chi connectivity index (χ0n) is 18.8. The Labute approximate surface area is 212 Å². The lowest BCUT2D eigenvalue weighted by molar-refractivity contribution is -0.137. The van der Waals surface area contributed by atoms with Crippen LogP contribution in [0.2, 0.25) is 5.02 Å². The normalized spacial score (nSPS) is 11.3. The summed E-state index contributed by atoms with van der Waals surface area (Å²) < 4.78 is 64.6. The van der Waals surface area contributed by atoms with Crippen molar-refractivity contribution in [2.24, 2.45) is 5.73 Å². The Hall–Kier alpha value is -4.16. The SMILES string of the molecule is NCCOc1cnc2ccc(Oc3cc(NC(=O)Nc4ccc(Cl)c(C(F)(F)F)c4)ccc3F)cc2n1. The number of aromatic nitrogens is 2. The highest BCUT2D eigenvalue weighted by Gasteiger charge is 2.33. The second-order valence-electron chi connectivity index (χ2n) is 7.51. The highest BCUT2D eigenvalue weighted by molar-refractivity contribution is 6.31. The predicted octanol–water partition coefficient (Wildman–Crippen LogP) is 6.21. The molecule has 4 aromatic rings. The first kappa shape index (κ1) is 25.9. The maximum atomic E-state index is 14.4. The lowest BCUT2D eigenvalue weighted by atomic mass is 10.2. The summed E-state index contributed by atoms with van der Waals surface area (Å²) in [4.78, 5) is 20.9. The van der Waals surface area contributed by atoms with Crippen LogP contribution in [0.5, 0.6) is 17.4 Å². The molecule has 0 aliphatic heterocycles. The van der Waals surface area contributed by atoms with Gasteiger partial charge in [-0.2, -0.15) is 13.2 Å². The van der Waals surface area contributed by atoms with Gasteiger partial charge in [-0.15, -0.1) is 0 Å². The minimum absolute atomic E-state index is 0.122. The number of alkyl halides is 3. The zero-order chi connectivity index (χ0) is 26.6. The summed E-state index contributed by atoms with van der Waals surface area (Å²) in [5.74, 6) is -0.433. The molecular weight excluding hydrogens is 518 g/mol. The monoisotopic (exact) mass is 535 g/mol. The number of carbonyl (C=O) groups excluding carboxylic acids is 1. The number of hydrogen-bond acceptors (Lipinski definition) is 6. The molecule has 0 unspecified atom stereocenters. The molecule has 0 saturated heterocycles. The predicted molar refractivity (Wildman–Crippen MR) is 130 cm³/mol. The molecule has 0 saturated carbocycles. The molecule has 4 rings (SSSR count). The number of ether oxygens (including phenoxy) is 2. The summed E-state index contributed by atoms with van der Waals surface area (Å²) in [5.41, 5.74) is 5.29. The van der Waals surface area contributed by atoms with Crippen molar-refractivity contribution in [2.75, 3.05) is 23.8 Å². The minimum atomic E-state index is -4.69. The third-order valence-corrected chi connectivity index (χ3v) is 5.14. The number of urea groups is 1. The summed E-state index contributed by atoms with van der Waals surface area (Å²) in [6, 6.07) is 10.3. The van der Waals surface area contributed by atoms with Crippen molar-refractivity contribution in [1.82, 2.24) is 9.97 Å². The number of amides is 2. The number of fused-ring (bicyclic) bond motifs is 1. The number of halogens is 5. The van der Waals surface area contributed by atoms with Crippen LogP contribution in [0, 0.1) is 5.82 Å². The molecule has 4 N–H and O–H groups in total. The lowest BCUT2D eigenvalue weighted by Gasteiger charge is -2.13. The fourth-order valence-corrected chi connectivity index (χ4v) is 3.40. The summed E-state index contributed by atoms with van der Waals surface area (Å²) in [6.07, 6.45) is -3.24. The van der Waals surface area contributed by atoms with Gasteiger partial charge in [0.25, 0.3) is 0 Å². The molecule has 0 atom stereocenters. The molecule has 0 spiro atoms. The van der Waals surface area contributed by atoms with Gasteiger partial charge >= 0.3 is 12.2 Å². The number of hydrogen-bond donors (Lipinski definition) is 3. The van der Waals surface area contributed by atoms with Crippen molar-refractivity contribution in [3.05, 3.63) is 77.2 Å². The van der Waals surface area contributed by atoms with Crippen LogP contribution < -0.4 is 25.8 Å². The number of nitrogens with zero attached hydrogens (tertiary/aromatic N) is 2. The van der Waals surface area contributed by atoms with Gasteiger partial charge in [0.1, 0.15) is 12.4 Å². The second kappa shape index (κ2) is 10.8. The Balaban J connectivity index is 1.48. The maximum absolute atomic E-state index is 14.4. The van der Waals surface area contributed by atoms with Crippen LogP contribution in [0.4, 0.5) is 33.7 Å². The molecule has 1 aromatic heterocycles. The van der Waals surface area contributed by atoms with Crippen molar-refractivity contribution in [3.8, 4) is 17.4 Å². The summed E-state index contributed by atoms with van der Waals surface area (Å²) in [5, 5.41) is 4.19. The topological polar surface area (TPSA) is 111 Å².